The third kappa shape index (κ3) is 1.03. The van der Waals surface area contributed by atoms with Crippen molar-refractivity contribution in [2.75, 3.05) is 6.26 Å². The largest absolute Gasteiger partial charge is 0.273 e. The lowest BCUT2D eigenvalue weighted by atomic mass is 9.85. The molecular weight excluding hydrogens is 230 g/mol. The molecule has 3 aliphatic rings. The normalized spacial score (nSPS) is 40.9. The molecule has 1 saturated carbocycles. The highest BCUT2D eigenvalue weighted by atomic mass is 32.2. The second kappa shape index (κ2) is 2.74. The fourth-order valence-corrected chi connectivity index (χ4v) is 4.10. The van der Waals surface area contributed by atoms with Gasteiger partial charge >= 0.3 is 0 Å². The van der Waals surface area contributed by atoms with Crippen molar-refractivity contribution in [3.05, 3.63) is 12.2 Å². The number of fused-ring (bicyclic) bond motifs is 5. The first kappa shape index (κ1) is 10.0. The number of carbonyl (C=O) groups is 2. The number of imide groups is 1. The van der Waals surface area contributed by atoms with Gasteiger partial charge in [0.25, 0.3) is 0 Å². The van der Waals surface area contributed by atoms with Crippen molar-refractivity contribution in [2.45, 2.75) is 6.42 Å². The van der Waals surface area contributed by atoms with Gasteiger partial charge in [0.1, 0.15) is 0 Å². The molecule has 2 aliphatic carbocycles. The SMILES string of the molecule is CS(=O)(=O)N1C(=O)C2C3C=CC(C3)C2C1=O. The summed E-state index contributed by atoms with van der Waals surface area (Å²) in [5, 5.41) is 0. The van der Waals surface area contributed by atoms with Gasteiger partial charge in [-0.2, -0.15) is 4.31 Å². The molecule has 2 bridgehead atoms. The van der Waals surface area contributed by atoms with Crippen LogP contribution in [0.25, 0.3) is 0 Å². The summed E-state index contributed by atoms with van der Waals surface area (Å²) in [7, 11) is -3.76. The first-order valence-corrected chi connectivity index (χ1v) is 7.02. The molecule has 0 N–H and O–H groups in total. The van der Waals surface area contributed by atoms with Crippen LogP contribution in [-0.2, 0) is 19.6 Å². The molecule has 0 radical (unpaired) electrons. The van der Waals surface area contributed by atoms with Gasteiger partial charge in [0.2, 0.25) is 21.8 Å². The van der Waals surface area contributed by atoms with Gasteiger partial charge in [-0.1, -0.05) is 12.2 Å². The lowest BCUT2D eigenvalue weighted by Crippen LogP contribution is -2.37. The molecule has 5 nitrogen and oxygen atoms in total. The molecule has 4 atom stereocenters. The van der Waals surface area contributed by atoms with Crippen molar-refractivity contribution in [1.29, 1.82) is 0 Å². The molecule has 4 unspecified atom stereocenters. The van der Waals surface area contributed by atoms with Crippen LogP contribution in [0.5, 0.6) is 0 Å². The van der Waals surface area contributed by atoms with Gasteiger partial charge in [-0.25, -0.2) is 8.42 Å². The summed E-state index contributed by atoms with van der Waals surface area (Å²) >= 11 is 0. The molecule has 0 aromatic heterocycles. The number of allylic oxidation sites excluding steroid dienone is 2. The van der Waals surface area contributed by atoms with Gasteiger partial charge in [0.15, 0.2) is 0 Å². The van der Waals surface area contributed by atoms with E-state index < -0.39 is 33.7 Å². The average molecular weight is 241 g/mol. The van der Waals surface area contributed by atoms with E-state index in [1.54, 1.807) is 0 Å². The molecular formula is C10H11NO4S. The van der Waals surface area contributed by atoms with E-state index in [-0.39, 0.29) is 11.8 Å². The van der Waals surface area contributed by atoms with E-state index in [9.17, 15) is 18.0 Å². The zero-order chi connectivity index (χ0) is 11.7. The average Bonchev–Trinajstić information content (AvgIpc) is 2.77. The summed E-state index contributed by atoms with van der Waals surface area (Å²) in [6, 6.07) is 0. The molecule has 16 heavy (non-hydrogen) atoms. The van der Waals surface area contributed by atoms with Crippen molar-refractivity contribution >= 4 is 21.8 Å². The van der Waals surface area contributed by atoms with Gasteiger partial charge in [-0.15, -0.1) is 0 Å². The summed E-state index contributed by atoms with van der Waals surface area (Å²) in [6.45, 7) is 0. The Morgan fingerprint density at radius 2 is 1.56 bits per heavy atom. The van der Waals surface area contributed by atoms with Crippen LogP contribution in [0.3, 0.4) is 0 Å². The molecule has 0 spiro atoms. The van der Waals surface area contributed by atoms with Crippen molar-refractivity contribution in [1.82, 2.24) is 4.31 Å². The van der Waals surface area contributed by atoms with Gasteiger partial charge in [-0.05, 0) is 18.3 Å². The highest BCUT2D eigenvalue weighted by Gasteiger charge is 2.61. The predicted octanol–water partition coefficient (Wildman–Crippen LogP) is -0.247. The van der Waals surface area contributed by atoms with Crippen LogP contribution < -0.4 is 0 Å². The van der Waals surface area contributed by atoms with E-state index in [0.717, 1.165) is 12.7 Å². The Hall–Kier alpha value is -1.17. The Balaban J connectivity index is 2.08. The third-order valence-corrected chi connectivity index (χ3v) is 4.78. The summed E-state index contributed by atoms with van der Waals surface area (Å²) in [6.07, 6.45) is 5.58. The van der Waals surface area contributed by atoms with Gasteiger partial charge in [0, 0.05) is 0 Å². The highest BCUT2D eigenvalue weighted by molar-refractivity contribution is 7.89. The number of hydrogen-bond donors (Lipinski definition) is 0. The molecule has 2 amide bonds. The third-order valence-electron chi connectivity index (χ3n) is 3.76. The second-order valence-electron chi connectivity index (χ2n) is 4.70. The smallest absolute Gasteiger partial charge is 0.247 e. The first-order valence-electron chi connectivity index (χ1n) is 5.17. The minimum absolute atomic E-state index is 0.0539. The molecule has 1 saturated heterocycles. The molecule has 1 heterocycles. The lowest BCUT2D eigenvalue weighted by Gasteiger charge is -2.14. The topological polar surface area (TPSA) is 71.5 Å². The van der Waals surface area contributed by atoms with Crippen molar-refractivity contribution < 1.29 is 18.0 Å². The van der Waals surface area contributed by atoms with Crippen molar-refractivity contribution in [3.63, 3.8) is 0 Å². The van der Waals surface area contributed by atoms with E-state index in [0.29, 0.717) is 4.31 Å². The maximum absolute atomic E-state index is 11.9. The maximum Gasteiger partial charge on any atom is 0.247 e. The van der Waals surface area contributed by atoms with Gasteiger partial charge in [-0.3, -0.25) is 9.59 Å². The van der Waals surface area contributed by atoms with E-state index in [1.807, 2.05) is 12.2 Å². The zero-order valence-electron chi connectivity index (χ0n) is 8.66. The molecule has 2 fully saturated rings. The summed E-state index contributed by atoms with van der Waals surface area (Å²) in [5.74, 6) is -1.82. The van der Waals surface area contributed by atoms with Gasteiger partial charge < -0.3 is 0 Å². The number of carbonyl (C=O) groups excluding carboxylic acids is 2. The van der Waals surface area contributed by atoms with E-state index in [4.69, 9.17) is 0 Å². The summed E-state index contributed by atoms with van der Waals surface area (Å²) in [5.41, 5.74) is 0. The molecule has 1 aliphatic heterocycles. The molecule has 0 aromatic rings. The Bertz CT molecular complexity index is 491. The van der Waals surface area contributed by atoms with Crippen molar-refractivity contribution in [3.8, 4) is 0 Å². The Labute approximate surface area is 93.2 Å². The Morgan fingerprint density at radius 3 is 1.94 bits per heavy atom. The molecule has 0 aromatic carbocycles. The van der Waals surface area contributed by atoms with Crippen LogP contribution in [0.15, 0.2) is 12.2 Å². The van der Waals surface area contributed by atoms with Crippen LogP contribution in [0.4, 0.5) is 0 Å². The summed E-state index contributed by atoms with van der Waals surface area (Å²) < 4.78 is 23.2. The minimum atomic E-state index is -3.76. The lowest BCUT2D eigenvalue weighted by molar-refractivity contribution is -0.134. The molecule has 3 rings (SSSR count). The van der Waals surface area contributed by atoms with Crippen LogP contribution >= 0.6 is 0 Å². The van der Waals surface area contributed by atoms with Crippen LogP contribution in [0.2, 0.25) is 0 Å². The first-order chi connectivity index (χ1) is 7.41. The maximum atomic E-state index is 11.9. The van der Waals surface area contributed by atoms with Crippen molar-refractivity contribution in [2.24, 2.45) is 23.7 Å². The summed E-state index contributed by atoms with van der Waals surface area (Å²) in [4.78, 5) is 23.9. The Morgan fingerprint density at radius 1 is 1.12 bits per heavy atom. The number of nitrogens with zero attached hydrogens (tertiary/aromatic N) is 1. The highest BCUT2D eigenvalue weighted by Crippen LogP contribution is 2.52. The van der Waals surface area contributed by atoms with Crippen LogP contribution in [0, 0.1) is 23.7 Å². The van der Waals surface area contributed by atoms with Crippen LogP contribution in [0.1, 0.15) is 6.42 Å². The minimum Gasteiger partial charge on any atom is -0.273 e. The number of sulfonamides is 1. The van der Waals surface area contributed by atoms with Crippen LogP contribution in [-0.4, -0.2) is 30.8 Å². The van der Waals surface area contributed by atoms with E-state index in [1.165, 1.54) is 0 Å². The Kier molecular flexibility index (Phi) is 1.71. The number of amides is 2. The standard InChI is InChI=1S/C10H11NO4S/c1-16(14,15)11-9(12)7-5-2-3-6(4-5)8(7)10(11)13/h2-3,5-8H,4H2,1H3. The molecule has 6 heteroatoms. The number of hydrogen-bond acceptors (Lipinski definition) is 4. The fourth-order valence-electron chi connectivity index (χ4n) is 3.20. The monoisotopic (exact) mass is 241 g/mol. The molecule has 86 valence electrons. The predicted molar refractivity (Wildman–Crippen MR) is 54.4 cm³/mol. The number of rotatable bonds is 1. The van der Waals surface area contributed by atoms with E-state index in [2.05, 4.69) is 0 Å². The van der Waals surface area contributed by atoms with Gasteiger partial charge in [0.05, 0.1) is 18.1 Å². The van der Waals surface area contributed by atoms with E-state index >= 15 is 0 Å². The fraction of sp³-hybridized carbons (Fsp3) is 0.600. The second-order valence-corrected chi connectivity index (χ2v) is 6.53. The quantitative estimate of drug-likeness (QED) is 0.469. The zero-order valence-corrected chi connectivity index (χ0v) is 9.48.